The number of rotatable bonds is 13. The maximum Gasteiger partial charge on any atom is 0.305 e. The highest BCUT2D eigenvalue weighted by atomic mass is 127. The van der Waals surface area contributed by atoms with E-state index < -0.39 is 17.4 Å². The Bertz CT molecular complexity index is 1160. The predicted octanol–water partition coefficient (Wildman–Crippen LogP) is 3.77. The van der Waals surface area contributed by atoms with E-state index in [1.165, 1.54) is 7.11 Å². The van der Waals surface area contributed by atoms with Crippen LogP contribution < -0.4 is 4.90 Å². The van der Waals surface area contributed by atoms with Crippen molar-refractivity contribution >= 4 is 46.1 Å². The summed E-state index contributed by atoms with van der Waals surface area (Å²) in [6.07, 6.45) is 4.90. The van der Waals surface area contributed by atoms with E-state index in [1.54, 1.807) is 28.9 Å². The Morgan fingerprint density at radius 3 is 2.61 bits per heavy atom. The van der Waals surface area contributed by atoms with Crippen molar-refractivity contribution in [3.8, 4) is 0 Å². The third-order valence-corrected chi connectivity index (χ3v) is 7.46. The van der Waals surface area contributed by atoms with Crippen LogP contribution in [0.3, 0.4) is 0 Å². The fraction of sp³-hybridized carbons (Fsp3) is 0.414. The molecule has 0 spiro atoms. The highest BCUT2D eigenvalue weighted by Crippen LogP contribution is 2.45. The number of aliphatic hydroxyl groups is 2. The Hall–Kier alpha value is -2.76. The molecule has 3 rings (SSSR count). The average molecular weight is 635 g/mol. The van der Waals surface area contributed by atoms with Crippen LogP contribution in [0.25, 0.3) is 0 Å². The van der Waals surface area contributed by atoms with Crippen molar-refractivity contribution in [1.82, 2.24) is 4.90 Å². The summed E-state index contributed by atoms with van der Waals surface area (Å²) in [5.74, 6) is -1.46. The first-order valence-electron chi connectivity index (χ1n) is 12.7. The number of fused-ring (bicyclic) bond motifs is 1. The summed E-state index contributed by atoms with van der Waals surface area (Å²) in [6.45, 7) is 2.60. The van der Waals surface area contributed by atoms with E-state index in [4.69, 9.17) is 0 Å². The van der Waals surface area contributed by atoms with E-state index in [0.717, 1.165) is 9.13 Å². The molecule has 8 nitrogen and oxygen atoms in total. The van der Waals surface area contributed by atoms with E-state index in [2.05, 4.69) is 27.3 Å². The molecular formula is C29H35IN2O6. The van der Waals surface area contributed by atoms with Gasteiger partial charge >= 0.3 is 5.97 Å². The molecule has 0 fully saturated rings. The third-order valence-electron chi connectivity index (χ3n) is 6.79. The molecule has 0 aliphatic carbocycles. The maximum atomic E-state index is 13.6. The molecule has 2 aromatic carbocycles. The summed E-state index contributed by atoms with van der Waals surface area (Å²) >= 11 is 2.15. The molecule has 1 aliphatic heterocycles. The predicted molar refractivity (Wildman–Crippen MR) is 153 cm³/mol. The molecule has 0 unspecified atom stereocenters. The van der Waals surface area contributed by atoms with Crippen molar-refractivity contribution in [3.05, 3.63) is 75.4 Å². The lowest BCUT2D eigenvalue weighted by Crippen LogP contribution is -2.44. The number of esters is 1. The number of hydrogen-bond acceptors (Lipinski definition) is 6. The fourth-order valence-corrected chi connectivity index (χ4v) is 5.13. The van der Waals surface area contributed by atoms with Gasteiger partial charge in [-0.05, 0) is 59.2 Å². The van der Waals surface area contributed by atoms with Gasteiger partial charge in [-0.25, -0.2) is 0 Å². The largest absolute Gasteiger partial charge is 0.469 e. The first-order chi connectivity index (χ1) is 18.2. The van der Waals surface area contributed by atoms with Gasteiger partial charge in [0.2, 0.25) is 5.91 Å². The zero-order valence-corrected chi connectivity index (χ0v) is 24.0. The van der Waals surface area contributed by atoms with Gasteiger partial charge in [-0.1, -0.05) is 49.4 Å². The van der Waals surface area contributed by atoms with Gasteiger partial charge in [0.25, 0.3) is 5.91 Å². The fourth-order valence-electron chi connectivity index (χ4n) is 4.64. The Morgan fingerprint density at radius 1 is 1.18 bits per heavy atom. The number of nitrogens with zero attached hydrogens (tertiary/aromatic N) is 2. The molecule has 2 atom stereocenters. The first kappa shape index (κ1) is 29.8. The molecule has 2 N–H and O–H groups in total. The summed E-state index contributed by atoms with van der Waals surface area (Å²) in [5, 5.41) is 21.2. The molecule has 0 bridgehead atoms. The number of benzene rings is 2. The Labute approximate surface area is 237 Å². The van der Waals surface area contributed by atoms with Crippen LogP contribution in [-0.4, -0.2) is 59.7 Å². The van der Waals surface area contributed by atoms with E-state index in [1.807, 2.05) is 48.5 Å². The van der Waals surface area contributed by atoms with Crippen molar-refractivity contribution in [2.75, 3.05) is 31.7 Å². The van der Waals surface area contributed by atoms with Crippen LogP contribution in [0.15, 0.2) is 60.7 Å². The highest BCUT2D eigenvalue weighted by molar-refractivity contribution is 14.1. The second kappa shape index (κ2) is 13.9. The number of carbonyl (C=O) groups is 3. The zero-order chi connectivity index (χ0) is 27.7. The number of hydrogen-bond donors (Lipinski definition) is 2. The van der Waals surface area contributed by atoms with Crippen LogP contribution in [0.2, 0.25) is 0 Å². The summed E-state index contributed by atoms with van der Waals surface area (Å²) in [5.41, 5.74) is 0.393. The third kappa shape index (κ3) is 7.00. The minimum Gasteiger partial charge on any atom is -0.469 e. The summed E-state index contributed by atoms with van der Waals surface area (Å²) in [4.78, 5) is 41.1. The summed E-state index contributed by atoms with van der Waals surface area (Å²) in [7, 11) is 1.35. The van der Waals surface area contributed by atoms with E-state index in [9.17, 15) is 24.6 Å². The standard InChI is InChI=1S/C29H35IN2O6/c1-21(9-8-12-26(34)31(17-18-33)20-22-10-4-3-5-11-22)29(37)24-19-23(30)14-15-25(24)32(28(29)36)16-7-6-13-27(35)38-2/h3-5,8-11,14-15,19,21,33,37H,6-7,12-13,16-18,20H2,1-2H3/b9-8+/t21-,29+/m0/s1. The molecule has 38 heavy (non-hydrogen) atoms. The van der Waals surface area contributed by atoms with Crippen LogP contribution in [0.1, 0.15) is 43.7 Å². The van der Waals surface area contributed by atoms with E-state index in [0.29, 0.717) is 37.2 Å². The number of anilines is 1. The van der Waals surface area contributed by atoms with Crippen molar-refractivity contribution < 1.29 is 29.3 Å². The van der Waals surface area contributed by atoms with Crippen LogP contribution in [-0.2, 0) is 31.3 Å². The van der Waals surface area contributed by atoms with Crippen LogP contribution >= 0.6 is 22.6 Å². The first-order valence-corrected chi connectivity index (χ1v) is 13.8. The number of methoxy groups -OCH3 is 1. The van der Waals surface area contributed by atoms with Crippen LogP contribution in [0.4, 0.5) is 5.69 Å². The number of carbonyl (C=O) groups excluding carboxylic acids is 3. The van der Waals surface area contributed by atoms with Crippen LogP contribution in [0.5, 0.6) is 0 Å². The van der Waals surface area contributed by atoms with Crippen LogP contribution in [0, 0.1) is 9.49 Å². The SMILES string of the molecule is COC(=O)CCCCN1C(=O)[C@@](O)([C@@H](C)/C=C/CC(=O)N(CCO)Cc2ccccc2)c2cc(I)ccc21. The molecule has 0 radical (unpaired) electrons. The molecule has 0 aromatic heterocycles. The molecule has 0 saturated heterocycles. The second-order valence-electron chi connectivity index (χ2n) is 9.36. The van der Waals surface area contributed by atoms with Gasteiger partial charge < -0.3 is 24.7 Å². The molecule has 204 valence electrons. The van der Waals surface area contributed by atoms with Gasteiger partial charge in [-0.15, -0.1) is 0 Å². The normalized spacial score (nSPS) is 17.5. The van der Waals surface area contributed by atoms with E-state index in [-0.39, 0.29) is 37.9 Å². The quantitative estimate of drug-likeness (QED) is 0.151. The topological polar surface area (TPSA) is 107 Å². The molecule has 9 heteroatoms. The Balaban J connectivity index is 1.71. The second-order valence-corrected chi connectivity index (χ2v) is 10.6. The lowest BCUT2D eigenvalue weighted by molar-refractivity contribution is -0.140. The molecular weight excluding hydrogens is 599 g/mol. The lowest BCUT2D eigenvalue weighted by atomic mass is 9.83. The summed E-state index contributed by atoms with van der Waals surface area (Å²) in [6, 6.07) is 15.1. The van der Waals surface area contributed by atoms with Gasteiger partial charge in [-0.2, -0.15) is 0 Å². The number of amides is 2. The smallest absolute Gasteiger partial charge is 0.305 e. The molecule has 0 saturated carbocycles. The Kier molecular flexibility index (Phi) is 10.9. The molecule has 1 aliphatic rings. The number of unbranched alkanes of at least 4 members (excludes halogenated alkanes) is 1. The number of aliphatic hydroxyl groups excluding tert-OH is 1. The summed E-state index contributed by atoms with van der Waals surface area (Å²) < 4.78 is 5.58. The van der Waals surface area contributed by atoms with Gasteiger partial charge in [0.15, 0.2) is 5.60 Å². The Morgan fingerprint density at radius 2 is 1.92 bits per heavy atom. The number of halogens is 1. The van der Waals surface area contributed by atoms with Gasteiger partial charge in [0.1, 0.15) is 0 Å². The lowest BCUT2D eigenvalue weighted by Gasteiger charge is -2.28. The minimum atomic E-state index is -1.77. The van der Waals surface area contributed by atoms with Gasteiger partial charge in [0.05, 0.1) is 19.4 Å². The molecule has 2 aromatic rings. The molecule has 1 heterocycles. The van der Waals surface area contributed by atoms with Gasteiger partial charge in [0, 0.05) is 47.5 Å². The van der Waals surface area contributed by atoms with E-state index >= 15 is 0 Å². The van der Waals surface area contributed by atoms with Crippen molar-refractivity contribution in [2.45, 2.75) is 44.8 Å². The monoisotopic (exact) mass is 634 g/mol. The van der Waals surface area contributed by atoms with Crippen molar-refractivity contribution in [2.24, 2.45) is 5.92 Å². The minimum absolute atomic E-state index is 0.0812. The molecule has 2 amide bonds. The van der Waals surface area contributed by atoms with Crippen molar-refractivity contribution in [3.63, 3.8) is 0 Å². The van der Waals surface area contributed by atoms with Gasteiger partial charge in [-0.3, -0.25) is 14.4 Å². The highest BCUT2D eigenvalue weighted by Gasteiger charge is 2.52. The zero-order valence-electron chi connectivity index (χ0n) is 21.8. The van der Waals surface area contributed by atoms with Crippen molar-refractivity contribution in [1.29, 1.82) is 0 Å². The maximum absolute atomic E-state index is 13.6. The average Bonchev–Trinajstić information content (AvgIpc) is 3.13. The number of ether oxygens (including phenoxy) is 1.